The Labute approximate surface area is 133 Å². The number of aromatic nitrogens is 3. The lowest BCUT2D eigenvalue weighted by molar-refractivity contribution is 0.244. The number of piperidine rings is 1. The highest BCUT2D eigenvalue weighted by Crippen LogP contribution is 2.31. The van der Waals surface area contributed by atoms with E-state index in [-0.39, 0.29) is 0 Å². The zero-order valence-electron chi connectivity index (χ0n) is 12.4. The molecule has 0 radical (unpaired) electrons. The summed E-state index contributed by atoms with van der Waals surface area (Å²) in [6.45, 7) is 2.14. The first-order chi connectivity index (χ1) is 10.7. The number of halogens is 1. The molecule has 0 N–H and O–H groups in total. The van der Waals surface area contributed by atoms with Crippen LogP contribution >= 0.6 is 11.6 Å². The molecule has 1 aliphatic rings. The zero-order chi connectivity index (χ0) is 15.1. The molecule has 5 nitrogen and oxygen atoms in total. The Balaban J connectivity index is 1.89. The van der Waals surface area contributed by atoms with E-state index in [2.05, 4.69) is 16.9 Å². The lowest BCUT2D eigenvalue weighted by Gasteiger charge is -2.29. The fraction of sp³-hybridized carbons (Fsp3) is 0.375. The van der Waals surface area contributed by atoms with E-state index in [1.54, 1.807) is 12.3 Å². The van der Waals surface area contributed by atoms with Crippen LogP contribution in [0.5, 0.6) is 0 Å². The molecular formula is C16H17ClN4O. The van der Waals surface area contributed by atoms with Crippen molar-refractivity contribution in [3.63, 3.8) is 0 Å². The predicted octanol–water partition coefficient (Wildman–Crippen LogP) is 3.48. The lowest BCUT2D eigenvalue weighted by atomic mass is 9.97. The molecule has 114 valence electrons. The van der Waals surface area contributed by atoms with Crippen LogP contribution in [0.25, 0.3) is 17.0 Å². The van der Waals surface area contributed by atoms with Crippen LogP contribution in [0.15, 0.2) is 34.9 Å². The van der Waals surface area contributed by atoms with Crippen molar-refractivity contribution in [1.29, 1.82) is 0 Å². The Morgan fingerprint density at radius 2 is 2.23 bits per heavy atom. The minimum Gasteiger partial charge on any atom is -0.428 e. The van der Waals surface area contributed by atoms with Crippen LogP contribution in [0, 0.1) is 0 Å². The molecular weight excluding hydrogens is 300 g/mol. The number of likely N-dealkylation sites (N-methyl/N-ethyl adjacent to an activating group) is 1. The topological polar surface area (TPSA) is 47.1 Å². The number of fused-ring (bicyclic) bond motifs is 1. The molecule has 1 unspecified atom stereocenters. The molecule has 3 aromatic rings. The summed E-state index contributed by atoms with van der Waals surface area (Å²) >= 11 is 5.96. The number of hydrogen-bond acceptors (Lipinski definition) is 4. The normalized spacial score (nSPS) is 19.8. The van der Waals surface area contributed by atoms with Crippen molar-refractivity contribution in [1.82, 2.24) is 19.4 Å². The van der Waals surface area contributed by atoms with Gasteiger partial charge >= 0.3 is 0 Å². The molecule has 0 aromatic carbocycles. The third kappa shape index (κ3) is 2.30. The van der Waals surface area contributed by atoms with Crippen molar-refractivity contribution in [3.8, 4) is 5.88 Å². The first kappa shape index (κ1) is 13.8. The second-order valence-corrected chi connectivity index (χ2v) is 6.20. The van der Waals surface area contributed by atoms with Crippen LogP contribution < -0.4 is 0 Å². The number of rotatable bonds is 2. The van der Waals surface area contributed by atoms with Crippen molar-refractivity contribution >= 4 is 22.8 Å². The van der Waals surface area contributed by atoms with Crippen LogP contribution in [-0.2, 0) is 0 Å². The molecule has 0 bridgehead atoms. The average Bonchev–Trinajstić information content (AvgIpc) is 3.10. The summed E-state index contributed by atoms with van der Waals surface area (Å²) in [5, 5.41) is 0.375. The van der Waals surface area contributed by atoms with E-state index in [1.165, 1.54) is 6.42 Å². The average molecular weight is 317 g/mol. The van der Waals surface area contributed by atoms with Gasteiger partial charge in [-0.05, 0) is 56.2 Å². The van der Waals surface area contributed by atoms with E-state index < -0.39 is 0 Å². The van der Waals surface area contributed by atoms with Crippen LogP contribution in [0.3, 0.4) is 0 Å². The van der Waals surface area contributed by atoms with Crippen LogP contribution in [0.2, 0.25) is 5.22 Å². The van der Waals surface area contributed by atoms with E-state index in [0.29, 0.717) is 17.0 Å². The summed E-state index contributed by atoms with van der Waals surface area (Å²) in [5.74, 6) is 2.05. The zero-order valence-corrected chi connectivity index (χ0v) is 13.1. The second-order valence-electron chi connectivity index (χ2n) is 5.83. The molecule has 0 aliphatic carbocycles. The number of pyridine rings is 1. The Morgan fingerprint density at radius 3 is 3.00 bits per heavy atom. The summed E-state index contributed by atoms with van der Waals surface area (Å²) in [5.41, 5.74) is 1.70. The van der Waals surface area contributed by atoms with Crippen molar-refractivity contribution in [2.75, 3.05) is 20.1 Å². The van der Waals surface area contributed by atoms with E-state index in [1.807, 2.05) is 22.8 Å². The van der Waals surface area contributed by atoms with Gasteiger partial charge in [0.05, 0.1) is 0 Å². The van der Waals surface area contributed by atoms with Crippen molar-refractivity contribution in [2.24, 2.45) is 0 Å². The summed E-state index contributed by atoms with van der Waals surface area (Å²) in [6, 6.07) is 7.52. The largest absolute Gasteiger partial charge is 0.428 e. The van der Waals surface area contributed by atoms with Gasteiger partial charge in [-0.1, -0.05) is 0 Å². The minimum absolute atomic E-state index is 0.372. The monoisotopic (exact) mass is 316 g/mol. The molecule has 0 saturated carbocycles. The predicted molar refractivity (Wildman–Crippen MR) is 85.6 cm³/mol. The fourth-order valence-electron chi connectivity index (χ4n) is 3.22. The maximum absolute atomic E-state index is 5.96. The second kappa shape index (κ2) is 5.41. The molecule has 0 spiro atoms. The Morgan fingerprint density at radius 1 is 1.32 bits per heavy atom. The summed E-state index contributed by atoms with van der Waals surface area (Å²) in [6.07, 6.45) is 4.08. The van der Waals surface area contributed by atoms with Gasteiger partial charge < -0.3 is 9.32 Å². The first-order valence-electron chi connectivity index (χ1n) is 7.50. The van der Waals surface area contributed by atoms with Crippen LogP contribution in [0.4, 0.5) is 0 Å². The lowest BCUT2D eigenvalue weighted by Crippen LogP contribution is -2.32. The maximum Gasteiger partial charge on any atom is 0.208 e. The number of furan rings is 1. The molecule has 1 aliphatic heterocycles. The molecule has 3 aromatic heterocycles. The summed E-state index contributed by atoms with van der Waals surface area (Å²) < 4.78 is 7.63. The number of hydrogen-bond donors (Lipinski definition) is 0. The number of nitrogens with zero attached hydrogens (tertiary/aromatic N) is 4. The smallest absolute Gasteiger partial charge is 0.208 e. The Hall–Kier alpha value is -1.85. The highest BCUT2D eigenvalue weighted by molar-refractivity contribution is 6.28. The Bertz CT molecular complexity index is 809. The van der Waals surface area contributed by atoms with E-state index in [4.69, 9.17) is 21.0 Å². The van der Waals surface area contributed by atoms with Crippen molar-refractivity contribution in [2.45, 2.75) is 18.8 Å². The molecule has 0 amide bonds. The SMILES string of the molecule is CN1CCCC(c2nc3cccnc3n2-c2ccc(Cl)o2)C1. The van der Waals surface area contributed by atoms with Gasteiger partial charge in [0.25, 0.3) is 0 Å². The number of likely N-dealkylation sites (tertiary alicyclic amines) is 1. The minimum atomic E-state index is 0.372. The standard InChI is InChI=1S/C16H17ClN4O/c1-20-9-3-4-11(10-20)15-19-12-5-2-8-18-16(12)21(15)14-7-6-13(17)22-14/h2,5-8,11H,3-4,9-10H2,1H3. The van der Waals surface area contributed by atoms with Gasteiger partial charge in [0.15, 0.2) is 10.9 Å². The van der Waals surface area contributed by atoms with Crippen LogP contribution in [-0.4, -0.2) is 39.6 Å². The summed E-state index contributed by atoms with van der Waals surface area (Å²) in [4.78, 5) is 11.7. The van der Waals surface area contributed by atoms with E-state index in [9.17, 15) is 0 Å². The van der Waals surface area contributed by atoms with E-state index in [0.717, 1.165) is 36.5 Å². The Kier molecular flexibility index (Phi) is 3.39. The van der Waals surface area contributed by atoms with Gasteiger partial charge in [-0.3, -0.25) is 0 Å². The van der Waals surface area contributed by atoms with Crippen molar-refractivity contribution in [3.05, 3.63) is 41.5 Å². The van der Waals surface area contributed by atoms with Gasteiger partial charge in [0.1, 0.15) is 11.3 Å². The van der Waals surface area contributed by atoms with Gasteiger partial charge in [0, 0.05) is 24.7 Å². The number of imidazole rings is 1. The molecule has 4 rings (SSSR count). The van der Waals surface area contributed by atoms with Gasteiger partial charge in [-0.15, -0.1) is 0 Å². The molecule has 1 atom stereocenters. The first-order valence-corrected chi connectivity index (χ1v) is 7.88. The van der Waals surface area contributed by atoms with Gasteiger partial charge in [-0.2, -0.15) is 0 Å². The highest BCUT2D eigenvalue weighted by atomic mass is 35.5. The highest BCUT2D eigenvalue weighted by Gasteiger charge is 2.26. The van der Waals surface area contributed by atoms with Gasteiger partial charge in [-0.25, -0.2) is 14.5 Å². The fourth-order valence-corrected chi connectivity index (χ4v) is 3.37. The third-order valence-corrected chi connectivity index (χ3v) is 4.41. The molecule has 6 heteroatoms. The molecule has 4 heterocycles. The van der Waals surface area contributed by atoms with Crippen molar-refractivity contribution < 1.29 is 4.42 Å². The third-order valence-electron chi connectivity index (χ3n) is 4.21. The maximum atomic E-state index is 5.96. The molecule has 1 saturated heterocycles. The molecule has 22 heavy (non-hydrogen) atoms. The van der Waals surface area contributed by atoms with E-state index >= 15 is 0 Å². The molecule has 1 fully saturated rings. The quantitative estimate of drug-likeness (QED) is 0.726. The van der Waals surface area contributed by atoms with Crippen LogP contribution in [0.1, 0.15) is 24.6 Å². The van der Waals surface area contributed by atoms with Gasteiger partial charge in [0.2, 0.25) is 5.88 Å². The summed E-state index contributed by atoms with van der Waals surface area (Å²) in [7, 11) is 2.15.